The van der Waals surface area contributed by atoms with Crippen LogP contribution in [0.4, 0.5) is 0 Å². The number of rotatable bonds is 8. The summed E-state index contributed by atoms with van der Waals surface area (Å²) in [4.78, 5) is 0. The molecule has 0 amide bonds. The molecule has 0 aromatic heterocycles. The fourth-order valence-corrected chi connectivity index (χ4v) is 8.86. The quantitative estimate of drug-likeness (QED) is 0.108. The standard InChI is InChI=1S/C52H42.2C2H6/c1-4-6-13-42-34-43-33-41-16-9-12-19-48(41)51(49(42)43)38-22-20-35(21-23-38)36-24-28-44(29-25-36)52(3,5-2)45-30-26-37(27-31-45)50-46-17-10-7-14-39(46)32-40-15-8-11-18-47(40)50;2*1-2/h1,7-12,14-34,41,48H,5-6,13H2,2-3H3;2*1-2H3. The smallest absolute Gasteiger partial charge is 0.0172 e. The molecule has 0 nitrogen and oxygen atoms in total. The largest absolute Gasteiger partial charge is 0.120 e. The van der Waals surface area contributed by atoms with Crippen LogP contribution < -0.4 is 0 Å². The summed E-state index contributed by atoms with van der Waals surface area (Å²) in [6.45, 7) is 12.7. The van der Waals surface area contributed by atoms with Crippen LogP contribution in [0, 0.1) is 24.2 Å². The SMILES string of the molecule is C#CCCC1=CC2=CC3C=CC=CC3C(c3ccc(-c4ccc(C(C)(CC)c5ccc(-c6c7ccccc7cc7ccccc67)cc5)cc4)cc3)=C21.CC.CC. The molecule has 3 unspecified atom stereocenters. The number of hydrogen-bond donors (Lipinski definition) is 0. The van der Waals surface area contributed by atoms with Crippen LogP contribution in [0.1, 0.15) is 77.5 Å². The summed E-state index contributed by atoms with van der Waals surface area (Å²) < 4.78 is 0. The molecule has 56 heavy (non-hydrogen) atoms. The summed E-state index contributed by atoms with van der Waals surface area (Å²) in [7, 11) is 0. The molecule has 3 aliphatic rings. The van der Waals surface area contributed by atoms with Crippen LogP contribution in [0.2, 0.25) is 0 Å². The van der Waals surface area contributed by atoms with Gasteiger partial charge in [-0.2, -0.15) is 0 Å². The third-order valence-corrected chi connectivity index (χ3v) is 12.0. The molecule has 278 valence electrons. The monoisotopic (exact) mass is 726 g/mol. The Morgan fingerprint density at radius 1 is 0.625 bits per heavy atom. The van der Waals surface area contributed by atoms with Crippen LogP contribution in [0.3, 0.4) is 0 Å². The van der Waals surface area contributed by atoms with Crippen LogP contribution in [-0.4, -0.2) is 0 Å². The Hall–Kier alpha value is -5.90. The molecule has 0 bridgehead atoms. The molecule has 3 atom stereocenters. The maximum absolute atomic E-state index is 5.65. The van der Waals surface area contributed by atoms with Crippen molar-refractivity contribution in [2.24, 2.45) is 11.8 Å². The van der Waals surface area contributed by atoms with Gasteiger partial charge in [0.15, 0.2) is 0 Å². The zero-order valence-electron chi connectivity index (χ0n) is 33.9. The molecule has 0 heteroatoms. The first-order valence-corrected chi connectivity index (χ1v) is 20.7. The van der Waals surface area contributed by atoms with Crippen molar-refractivity contribution in [3.05, 3.63) is 197 Å². The molecule has 0 saturated heterocycles. The van der Waals surface area contributed by atoms with Crippen molar-refractivity contribution in [3.8, 4) is 34.6 Å². The maximum atomic E-state index is 5.65. The van der Waals surface area contributed by atoms with Gasteiger partial charge in [0.05, 0.1) is 0 Å². The molecule has 0 aliphatic heterocycles. The van der Waals surface area contributed by atoms with Crippen LogP contribution in [-0.2, 0) is 5.41 Å². The lowest BCUT2D eigenvalue weighted by atomic mass is 9.66. The van der Waals surface area contributed by atoms with E-state index in [9.17, 15) is 0 Å². The van der Waals surface area contributed by atoms with Gasteiger partial charge < -0.3 is 0 Å². The van der Waals surface area contributed by atoms with Gasteiger partial charge >= 0.3 is 0 Å². The Balaban J connectivity index is 0.00000117. The summed E-state index contributed by atoms with van der Waals surface area (Å²) >= 11 is 0. The Morgan fingerprint density at radius 2 is 1.14 bits per heavy atom. The minimum atomic E-state index is -0.103. The second-order valence-electron chi connectivity index (χ2n) is 14.8. The van der Waals surface area contributed by atoms with Crippen LogP contribution in [0.25, 0.3) is 49.4 Å². The van der Waals surface area contributed by atoms with Crippen LogP contribution >= 0.6 is 0 Å². The molecule has 9 rings (SSSR count). The fourth-order valence-electron chi connectivity index (χ4n) is 8.86. The first kappa shape index (κ1) is 38.4. The van der Waals surface area contributed by atoms with E-state index in [0.717, 1.165) is 19.3 Å². The second-order valence-corrected chi connectivity index (χ2v) is 14.8. The van der Waals surface area contributed by atoms with Crippen LogP contribution in [0.15, 0.2) is 181 Å². The summed E-state index contributed by atoms with van der Waals surface area (Å²) in [6.07, 6.45) is 22.2. The first-order chi connectivity index (χ1) is 27.6. The van der Waals surface area contributed by atoms with Gasteiger partial charge in [-0.05, 0) is 102 Å². The molecule has 0 saturated carbocycles. The normalized spacial score (nSPS) is 17.4. The second kappa shape index (κ2) is 16.9. The highest BCUT2D eigenvalue weighted by molar-refractivity contribution is 6.12. The molecule has 0 spiro atoms. The van der Waals surface area contributed by atoms with E-state index in [1.54, 1.807) is 0 Å². The van der Waals surface area contributed by atoms with Gasteiger partial charge in [-0.25, -0.2) is 0 Å². The highest BCUT2D eigenvalue weighted by atomic mass is 14.4. The summed E-state index contributed by atoms with van der Waals surface area (Å²) in [5.41, 5.74) is 14.6. The molecule has 6 aromatic rings. The highest BCUT2D eigenvalue weighted by Crippen LogP contribution is 2.51. The molecule has 0 heterocycles. The van der Waals surface area contributed by atoms with E-state index in [-0.39, 0.29) is 5.41 Å². The Kier molecular flexibility index (Phi) is 11.5. The number of fused-ring (bicyclic) bond motifs is 4. The number of hydrogen-bond acceptors (Lipinski definition) is 0. The minimum Gasteiger partial charge on any atom is -0.120 e. The zero-order chi connectivity index (χ0) is 39.2. The third-order valence-electron chi connectivity index (χ3n) is 12.0. The van der Waals surface area contributed by atoms with Crippen molar-refractivity contribution >= 4 is 27.1 Å². The van der Waals surface area contributed by atoms with E-state index in [0.29, 0.717) is 11.8 Å². The predicted molar refractivity (Wildman–Crippen MR) is 245 cm³/mol. The fraction of sp³-hybridized carbons (Fsp3) is 0.214. The molecule has 6 aromatic carbocycles. The number of terminal acetylenes is 1. The van der Waals surface area contributed by atoms with Crippen molar-refractivity contribution < 1.29 is 0 Å². The average Bonchev–Trinajstić information content (AvgIpc) is 3.27. The van der Waals surface area contributed by atoms with Crippen molar-refractivity contribution in [1.82, 2.24) is 0 Å². The molecule has 3 aliphatic carbocycles. The van der Waals surface area contributed by atoms with Crippen LogP contribution in [0.5, 0.6) is 0 Å². The number of allylic oxidation sites excluding steroid dienone is 10. The molecule has 0 fully saturated rings. The average molecular weight is 727 g/mol. The summed E-state index contributed by atoms with van der Waals surface area (Å²) in [6, 6.07) is 47.7. The van der Waals surface area contributed by atoms with E-state index in [2.05, 4.69) is 184 Å². The molecular weight excluding hydrogens is 673 g/mol. The van der Waals surface area contributed by atoms with E-state index >= 15 is 0 Å². The van der Waals surface area contributed by atoms with E-state index in [1.165, 1.54) is 82.8 Å². The molecule has 0 N–H and O–H groups in total. The van der Waals surface area contributed by atoms with Gasteiger partial charge in [-0.1, -0.05) is 199 Å². The molecule has 0 radical (unpaired) electrons. The number of benzene rings is 6. The predicted octanol–water partition coefficient (Wildman–Crippen LogP) is 15.5. The van der Waals surface area contributed by atoms with E-state index in [4.69, 9.17) is 6.42 Å². The Bertz CT molecular complexity index is 2490. The van der Waals surface area contributed by atoms with Gasteiger partial charge in [0.25, 0.3) is 0 Å². The van der Waals surface area contributed by atoms with Gasteiger partial charge in [-0.3, -0.25) is 0 Å². The first-order valence-electron chi connectivity index (χ1n) is 20.7. The maximum Gasteiger partial charge on any atom is 0.0172 e. The lowest BCUT2D eigenvalue weighted by Gasteiger charge is -2.38. The molecular formula is C56H54. The van der Waals surface area contributed by atoms with Gasteiger partial charge in [0, 0.05) is 23.7 Å². The zero-order valence-corrected chi connectivity index (χ0v) is 33.9. The topological polar surface area (TPSA) is 0 Å². The Morgan fingerprint density at radius 3 is 1.71 bits per heavy atom. The lowest BCUT2D eigenvalue weighted by molar-refractivity contribution is 0.550. The highest BCUT2D eigenvalue weighted by Gasteiger charge is 2.35. The van der Waals surface area contributed by atoms with Crippen molar-refractivity contribution in [1.29, 1.82) is 0 Å². The minimum absolute atomic E-state index is 0.103. The summed E-state index contributed by atoms with van der Waals surface area (Å²) in [5, 5.41) is 5.15. The third kappa shape index (κ3) is 6.93. The van der Waals surface area contributed by atoms with Gasteiger partial charge in [-0.15, -0.1) is 12.3 Å². The van der Waals surface area contributed by atoms with E-state index < -0.39 is 0 Å². The summed E-state index contributed by atoms with van der Waals surface area (Å²) in [5.74, 6) is 3.59. The lowest BCUT2D eigenvalue weighted by Crippen LogP contribution is -2.23. The van der Waals surface area contributed by atoms with Crippen molar-refractivity contribution in [3.63, 3.8) is 0 Å². The van der Waals surface area contributed by atoms with E-state index in [1.807, 2.05) is 27.7 Å². The van der Waals surface area contributed by atoms with Gasteiger partial charge in [0.1, 0.15) is 0 Å². The van der Waals surface area contributed by atoms with Crippen molar-refractivity contribution in [2.75, 3.05) is 0 Å². The van der Waals surface area contributed by atoms with Crippen molar-refractivity contribution in [2.45, 2.75) is 66.2 Å². The Labute approximate surface area is 335 Å². The van der Waals surface area contributed by atoms with Gasteiger partial charge in [0.2, 0.25) is 0 Å².